The van der Waals surface area contributed by atoms with Crippen LogP contribution in [0.4, 0.5) is 0 Å². The van der Waals surface area contributed by atoms with Gasteiger partial charge in [-0.05, 0) is 23.1 Å². The molecule has 5 nitrogen and oxygen atoms in total. The number of fused-ring (bicyclic) bond motifs is 1. The highest BCUT2D eigenvalue weighted by atomic mass is 16.3. The van der Waals surface area contributed by atoms with E-state index in [4.69, 9.17) is 10.2 Å². The van der Waals surface area contributed by atoms with E-state index in [1.165, 1.54) is 11.8 Å². The normalized spacial score (nSPS) is 12.5. The summed E-state index contributed by atoms with van der Waals surface area (Å²) in [7, 11) is 0. The van der Waals surface area contributed by atoms with Crippen molar-refractivity contribution in [2.75, 3.05) is 6.54 Å². The van der Waals surface area contributed by atoms with Crippen molar-refractivity contribution in [3.63, 3.8) is 0 Å². The van der Waals surface area contributed by atoms with Crippen molar-refractivity contribution < 1.29 is 9.21 Å². The van der Waals surface area contributed by atoms with Crippen molar-refractivity contribution in [1.29, 1.82) is 0 Å². The summed E-state index contributed by atoms with van der Waals surface area (Å²) in [6.07, 6.45) is 3.09. The summed E-state index contributed by atoms with van der Waals surface area (Å²) >= 11 is 0. The first kappa shape index (κ1) is 16.2. The molecule has 1 unspecified atom stereocenters. The monoisotopic (exact) mass is 323 g/mol. The van der Waals surface area contributed by atoms with Crippen LogP contribution in [-0.2, 0) is 0 Å². The number of nitrogens with two attached hydrogens (primary N) is 1. The topological polar surface area (TPSA) is 81.1 Å². The molecule has 0 saturated heterocycles. The SMILES string of the molecule is CC(C)c1ccc(C(N)CNC(=O)c2cnc3ccoc3c2)cc1. The van der Waals surface area contributed by atoms with Crippen LogP contribution in [0.2, 0.25) is 0 Å². The van der Waals surface area contributed by atoms with Gasteiger partial charge in [0.1, 0.15) is 5.52 Å². The fourth-order valence-electron chi connectivity index (χ4n) is 2.52. The van der Waals surface area contributed by atoms with E-state index in [-0.39, 0.29) is 11.9 Å². The number of nitrogens with one attached hydrogen (secondary N) is 1. The van der Waals surface area contributed by atoms with Gasteiger partial charge in [0.25, 0.3) is 5.91 Å². The summed E-state index contributed by atoms with van der Waals surface area (Å²) in [5.41, 5.74) is 10.2. The number of nitrogens with zero attached hydrogens (tertiary/aromatic N) is 1. The molecular weight excluding hydrogens is 302 g/mol. The molecule has 0 aliphatic carbocycles. The predicted octanol–water partition coefficient (Wildman–Crippen LogP) is 3.38. The average Bonchev–Trinajstić information content (AvgIpc) is 3.07. The van der Waals surface area contributed by atoms with Gasteiger partial charge in [-0.25, -0.2) is 0 Å². The minimum Gasteiger partial charge on any atom is -0.463 e. The Balaban J connectivity index is 1.62. The molecule has 0 aliphatic heterocycles. The van der Waals surface area contributed by atoms with Crippen LogP contribution in [0.15, 0.2) is 53.3 Å². The molecule has 0 fully saturated rings. The Kier molecular flexibility index (Phi) is 4.62. The highest BCUT2D eigenvalue weighted by molar-refractivity contribution is 5.96. The third-order valence-corrected chi connectivity index (χ3v) is 4.08. The van der Waals surface area contributed by atoms with E-state index in [1.54, 1.807) is 18.4 Å². The van der Waals surface area contributed by atoms with Crippen molar-refractivity contribution in [3.05, 3.63) is 65.5 Å². The van der Waals surface area contributed by atoms with E-state index in [1.807, 2.05) is 12.1 Å². The van der Waals surface area contributed by atoms with Crippen LogP contribution in [0, 0.1) is 0 Å². The Morgan fingerprint density at radius 2 is 1.92 bits per heavy atom. The lowest BCUT2D eigenvalue weighted by Crippen LogP contribution is -2.31. The third kappa shape index (κ3) is 3.46. The summed E-state index contributed by atoms with van der Waals surface area (Å²) in [6.45, 7) is 4.66. The molecule has 124 valence electrons. The Labute approximate surface area is 140 Å². The molecule has 0 radical (unpaired) electrons. The summed E-state index contributed by atoms with van der Waals surface area (Å²) in [6, 6.07) is 11.4. The maximum Gasteiger partial charge on any atom is 0.253 e. The Hall–Kier alpha value is -2.66. The van der Waals surface area contributed by atoms with E-state index in [0.717, 1.165) is 11.1 Å². The minimum atomic E-state index is -0.254. The van der Waals surface area contributed by atoms with Crippen LogP contribution >= 0.6 is 0 Å². The van der Waals surface area contributed by atoms with Gasteiger partial charge < -0.3 is 15.5 Å². The first-order chi connectivity index (χ1) is 11.5. The lowest BCUT2D eigenvalue weighted by Gasteiger charge is -2.14. The number of aromatic nitrogens is 1. The highest BCUT2D eigenvalue weighted by Crippen LogP contribution is 2.18. The van der Waals surface area contributed by atoms with Crippen LogP contribution in [-0.4, -0.2) is 17.4 Å². The molecule has 3 rings (SSSR count). The highest BCUT2D eigenvalue weighted by Gasteiger charge is 2.12. The van der Waals surface area contributed by atoms with Crippen LogP contribution in [0.3, 0.4) is 0 Å². The number of carbonyl (C=O) groups is 1. The number of hydrogen-bond acceptors (Lipinski definition) is 4. The van der Waals surface area contributed by atoms with Crippen molar-refractivity contribution in [2.24, 2.45) is 5.73 Å². The molecule has 2 heterocycles. The minimum absolute atomic E-state index is 0.213. The second-order valence-electron chi connectivity index (χ2n) is 6.17. The van der Waals surface area contributed by atoms with E-state index in [2.05, 4.69) is 36.3 Å². The number of carbonyl (C=O) groups excluding carboxylic acids is 1. The van der Waals surface area contributed by atoms with Gasteiger partial charge in [-0.1, -0.05) is 38.1 Å². The number of furan rings is 1. The van der Waals surface area contributed by atoms with Crippen molar-refractivity contribution in [2.45, 2.75) is 25.8 Å². The molecule has 3 N–H and O–H groups in total. The van der Waals surface area contributed by atoms with E-state index in [0.29, 0.717) is 23.6 Å². The molecule has 5 heteroatoms. The zero-order valence-corrected chi connectivity index (χ0v) is 13.8. The van der Waals surface area contributed by atoms with Crippen LogP contribution in [0.1, 0.15) is 47.3 Å². The molecule has 0 aliphatic rings. The number of amides is 1. The van der Waals surface area contributed by atoms with Gasteiger partial charge in [-0.15, -0.1) is 0 Å². The first-order valence-electron chi connectivity index (χ1n) is 8.01. The van der Waals surface area contributed by atoms with E-state index in [9.17, 15) is 4.79 Å². The summed E-state index contributed by atoms with van der Waals surface area (Å²) in [4.78, 5) is 16.4. The summed E-state index contributed by atoms with van der Waals surface area (Å²) in [5, 5.41) is 2.85. The molecular formula is C19H21N3O2. The van der Waals surface area contributed by atoms with Gasteiger partial charge in [-0.2, -0.15) is 0 Å². The third-order valence-electron chi connectivity index (χ3n) is 4.08. The molecule has 0 saturated carbocycles. The quantitative estimate of drug-likeness (QED) is 0.754. The van der Waals surface area contributed by atoms with Gasteiger partial charge in [0.2, 0.25) is 0 Å². The molecule has 2 aromatic heterocycles. The Morgan fingerprint density at radius 3 is 2.62 bits per heavy atom. The maximum absolute atomic E-state index is 12.2. The fourth-order valence-corrected chi connectivity index (χ4v) is 2.52. The van der Waals surface area contributed by atoms with Crippen molar-refractivity contribution in [1.82, 2.24) is 10.3 Å². The van der Waals surface area contributed by atoms with Crippen LogP contribution in [0.5, 0.6) is 0 Å². The van der Waals surface area contributed by atoms with Gasteiger partial charge in [-0.3, -0.25) is 9.78 Å². The second kappa shape index (κ2) is 6.84. The molecule has 0 bridgehead atoms. The Morgan fingerprint density at radius 1 is 1.21 bits per heavy atom. The molecule has 1 atom stereocenters. The van der Waals surface area contributed by atoms with Gasteiger partial charge in [0.05, 0.1) is 11.8 Å². The van der Waals surface area contributed by atoms with E-state index < -0.39 is 0 Å². The number of benzene rings is 1. The van der Waals surface area contributed by atoms with Crippen LogP contribution in [0.25, 0.3) is 11.1 Å². The number of hydrogen-bond donors (Lipinski definition) is 2. The zero-order valence-electron chi connectivity index (χ0n) is 13.8. The summed E-state index contributed by atoms with van der Waals surface area (Å²) in [5.74, 6) is 0.272. The smallest absolute Gasteiger partial charge is 0.253 e. The first-order valence-corrected chi connectivity index (χ1v) is 8.01. The molecule has 0 spiro atoms. The zero-order chi connectivity index (χ0) is 17.1. The van der Waals surface area contributed by atoms with Gasteiger partial charge >= 0.3 is 0 Å². The summed E-state index contributed by atoms with van der Waals surface area (Å²) < 4.78 is 5.27. The van der Waals surface area contributed by atoms with Gasteiger partial charge in [0.15, 0.2) is 5.58 Å². The van der Waals surface area contributed by atoms with E-state index >= 15 is 0 Å². The number of pyridine rings is 1. The Bertz CT molecular complexity index is 837. The average molecular weight is 323 g/mol. The predicted molar refractivity (Wildman–Crippen MR) is 93.8 cm³/mol. The second-order valence-corrected chi connectivity index (χ2v) is 6.17. The standard InChI is InChI=1S/C19H21N3O2/c1-12(2)13-3-5-14(6-4-13)16(20)11-22-19(23)15-9-18-17(21-10-15)7-8-24-18/h3-10,12,16H,11,20H2,1-2H3,(H,22,23). The van der Waals surface area contributed by atoms with Crippen LogP contribution < -0.4 is 11.1 Å². The molecule has 1 aromatic carbocycles. The maximum atomic E-state index is 12.2. The largest absolute Gasteiger partial charge is 0.463 e. The van der Waals surface area contributed by atoms with Crippen molar-refractivity contribution >= 4 is 17.0 Å². The molecule has 3 aromatic rings. The van der Waals surface area contributed by atoms with Gasteiger partial charge in [0, 0.05) is 24.8 Å². The fraction of sp³-hybridized carbons (Fsp3) is 0.263. The molecule has 24 heavy (non-hydrogen) atoms. The van der Waals surface area contributed by atoms with Crippen molar-refractivity contribution in [3.8, 4) is 0 Å². The lowest BCUT2D eigenvalue weighted by atomic mass is 9.99. The lowest BCUT2D eigenvalue weighted by molar-refractivity contribution is 0.0951. The molecule has 1 amide bonds. The number of rotatable bonds is 5.